The van der Waals surface area contributed by atoms with Crippen molar-refractivity contribution in [3.05, 3.63) is 34.9 Å². The average Bonchev–Trinajstić information content (AvgIpc) is 2.96. The number of nitrogens with one attached hydrogen (secondary N) is 1. The Bertz CT molecular complexity index is 463. The van der Waals surface area contributed by atoms with Gasteiger partial charge in [0.25, 0.3) is 11.8 Å². The van der Waals surface area contributed by atoms with E-state index in [0.717, 1.165) is 12.2 Å². The van der Waals surface area contributed by atoms with Crippen LogP contribution in [0.4, 0.5) is 0 Å². The molecule has 76 valence electrons. The van der Waals surface area contributed by atoms with Crippen molar-refractivity contribution < 1.29 is 14.3 Å². The van der Waals surface area contributed by atoms with Gasteiger partial charge in [-0.15, -0.1) is 0 Å². The Morgan fingerprint density at radius 3 is 2.87 bits per heavy atom. The van der Waals surface area contributed by atoms with Crippen LogP contribution < -0.4 is 5.32 Å². The molecule has 1 aromatic rings. The molecule has 0 radical (unpaired) electrons. The third-order valence-electron chi connectivity index (χ3n) is 2.70. The van der Waals surface area contributed by atoms with Gasteiger partial charge in [0.15, 0.2) is 0 Å². The van der Waals surface area contributed by atoms with Crippen LogP contribution in [0.25, 0.3) is 0 Å². The number of carbonyl (C=O) groups excluding carboxylic acids is 2. The van der Waals surface area contributed by atoms with Crippen molar-refractivity contribution >= 4 is 11.8 Å². The number of benzene rings is 1. The lowest BCUT2D eigenvalue weighted by Crippen LogP contribution is -2.20. The predicted octanol–water partition coefficient (Wildman–Crippen LogP) is 0.512. The summed E-state index contributed by atoms with van der Waals surface area (Å²) >= 11 is 0. The van der Waals surface area contributed by atoms with Crippen LogP contribution in [0.3, 0.4) is 0 Å². The molecule has 15 heavy (non-hydrogen) atoms. The van der Waals surface area contributed by atoms with E-state index in [4.69, 9.17) is 4.74 Å². The van der Waals surface area contributed by atoms with E-state index in [1.54, 1.807) is 12.1 Å². The van der Waals surface area contributed by atoms with Crippen LogP contribution in [0.15, 0.2) is 18.2 Å². The lowest BCUT2D eigenvalue weighted by Gasteiger charge is -2.02. The molecule has 2 aliphatic heterocycles. The molecule has 1 atom stereocenters. The van der Waals surface area contributed by atoms with Crippen molar-refractivity contribution in [3.63, 3.8) is 0 Å². The Hall–Kier alpha value is -1.68. The number of ether oxygens (including phenoxy) is 1. The lowest BCUT2D eigenvalue weighted by molar-refractivity contribution is 0.0879. The van der Waals surface area contributed by atoms with Crippen LogP contribution in [0, 0.1) is 0 Å². The first-order chi connectivity index (χ1) is 7.25. The van der Waals surface area contributed by atoms with Gasteiger partial charge in [-0.2, -0.15) is 0 Å². The highest BCUT2D eigenvalue weighted by molar-refractivity contribution is 6.22. The van der Waals surface area contributed by atoms with Crippen LogP contribution >= 0.6 is 0 Å². The first-order valence-corrected chi connectivity index (χ1v) is 4.85. The van der Waals surface area contributed by atoms with Crippen molar-refractivity contribution in [2.75, 3.05) is 6.61 Å². The molecule has 1 fully saturated rings. The molecule has 4 heteroatoms. The Kier molecular flexibility index (Phi) is 1.67. The molecule has 0 spiro atoms. The van der Waals surface area contributed by atoms with Crippen LogP contribution in [0.2, 0.25) is 0 Å². The first-order valence-electron chi connectivity index (χ1n) is 4.85. The van der Waals surface area contributed by atoms with Crippen molar-refractivity contribution in [1.82, 2.24) is 5.32 Å². The third-order valence-corrected chi connectivity index (χ3v) is 2.70. The van der Waals surface area contributed by atoms with Gasteiger partial charge in [0.1, 0.15) is 0 Å². The first kappa shape index (κ1) is 8.61. The summed E-state index contributed by atoms with van der Waals surface area (Å²) in [5, 5.41) is 2.30. The highest BCUT2D eigenvalue weighted by atomic mass is 16.6. The second-order valence-corrected chi connectivity index (χ2v) is 3.78. The van der Waals surface area contributed by atoms with Crippen LogP contribution in [0.1, 0.15) is 26.3 Å². The molecule has 1 saturated heterocycles. The SMILES string of the molecule is O=C1NC(=O)c2c(CC3CO3)cccc21. The molecule has 1 N–H and O–H groups in total. The van der Waals surface area contributed by atoms with Gasteiger partial charge in [0.2, 0.25) is 0 Å². The van der Waals surface area contributed by atoms with Gasteiger partial charge in [-0.05, 0) is 11.6 Å². The summed E-state index contributed by atoms with van der Waals surface area (Å²) in [6.07, 6.45) is 0.934. The van der Waals surface area contributed by atoms with E-state index < -0.39 is 0 Å². The van der Waals surface area contributed by atoms with Gasteiger partial charge in [0.05, 0.1) is 23.8 Å². The topological polar surface area (TPSA) is 58.7 Å². The molecule has 0 bridgehead atoms. The molecule has 0 aliphatic carbocycles. The standard InChI is InChI=1S/C11H9NO3/c13-10-8-3-1-2-6(4-7-5-15-7)9(8)11(14)12-10/h1-3,7H,4-5H2,(H,12,13,14). The average molecular weight is 203 g/mol. The monoisotopic (exact) mass is 203 g/mol. The molecule has 0 saturated carbocycles. The Morgan fingerprint density at radius 2 is 2.13 bits per heavy atom. The number of rotatable bonds is 2. The molecule has 2 heterocycles. The Balaban J connectivity index is 2.07. The van der Waals surface area contributed by atoms with Crippen molar-refractivity contribution in [1.29, 1.82) is 0 Å². The van der Waals surface area contributed by atoms with Crippen LogP contribution in [0.5, 0.6) is 0 Å². The Morgan fingerprint density at radius 1 is 1.33 bits per heavy atom. The molecule has 2 aliphatic rings. The molecule has 2 amide bonds. The van der Waals surface area contributed by atoms with Crippen LogP contribution in [-0.4, -0.2) is 24.5 Å². The summed E-state index contributed by atoms with van der Waals surface area (Å²) in [6.45, 7) is 0.749. The quantitative estimate of drug-likeness (QED) is 0.562. The number of epoxide rings is 1. The van der Waals surface area contributed by atoms with E-state index in [2.05, 4.69) is 5.32 Å². The summed E-state index contributed by atoms with van der Waals surface area (Å²) in [5.74, 6) is -0.584. The Labute approximate surface area is 86.2 Å². The molecule has 3 rings (SSSR count). The number of fused-ring (bicyclic) bond motifs is 1. The molecular formula is C11H9NO3. The minimum Gasteiger partial charge on any atom is -0.373 e. The summed E-state index contributed by atoms with van der Waals surface area (Å²) in [5.41, 5.74) is 1.91. The number of hydrogen-bond acceptors (Lipinski definition) is 3. The molecular weight excluding hydrogens is 194 g/mol. The largest absolute Gasteiger partial charge is 0.373 e. The zero-order valence-corrected chi connectivity index (χ0v) is 7.95. The van der Waals surface area contributed by atoms with E-state index in [9.17, 15) is 9.59 Å². The second kappa shape index (κ2) is 2.90. The maximum atomic E-state index is 11.5. The second-order valence-electron chi connectivity index (χ2n) is 3.78. The number of amides is 2. The number of hydrogen-bond donors (Lipinski definition) is 1. The fourth-order valence-electron chi connectivity index (χ4n) is 1.89. The van der Waals surface area contributed by atoms with E-state index >= 15 is 0 Å². The highest BCUT2D eigenvalue weighted by Crippen LogP contribution is 2.24. The van der Waals surface area contributed by atoms with Gasteiger partial charge < -0.3 is 4.74 Å². The maximum absolute atomic E-state index is 11.5. The highest BCUT2D eigenvalue weighted by Gasteiger charge is 2.31. The van der Waals surface area contributed by atoms with Crippen molar-refractivity contribution in [3.8, 4) is 0 Å². The normalized spacial score (nSPS) is 22.5. The zero-order chi connectivity index (χ0) is 10.4. The fourth-order valence-corrected chi connectivity index (χ4v) is 1.89. The summed E-state index contributed by atoms with van der Waals surface area (Å²) in [6, 6.07) is 5.35. The third kappa shape index (κ3) is 1.34. The van der Waals surface area contributed by atoms with Gasteiger partial charge in [-0.3, -0.25) is 14.9 Å². The predicted molar refractivity (Wildman–Crippen MR) is 51.7 cm³/mol. The minimum atomic E-state index is -0.298. The van der Waals surface area contributed by atoms with Gasteiger partial charge >= 0.3 is 0 Å². The maximum Gasteiger partial charge on any atom is 0.259 e. The number of carbonyl (C=O) groups is 2. The van der Waals surface area contributed by atoms with E-state index in [0.29, 0.717) is 17.5 Å². The summed E-state index contributed by atoms with van der Waals surface area (Å²) in [7, 11) is 0. The van der Waals surface area contributed by atoms with Gasteiger partial charge in [0, 0.05) is 6.42 Å². The number of imide groups is 1. The molecule has 1 unspecified atom stereocenters. The smallest absolute Gasteiger partial charge is 0.259 e. The summed E-state index contributed by atoms with van der Waals surface area (Å²) in [4.78, 5) is 22.9. The van der Waals surface area contributed by atoms with Crippen molar-refractivity contribution in [2.24, 2.45) is 0 Å². The van der Waals surface area contributed by atoms with E-state index in [1.165, 1.54) is 0 Å². The minimum absolute atomic E-state index is 0.222. The van der Waals surface area contributed by atoms with Gasteiger partial charge in [-0.25, -0.2) is 0 Å². The zero-order valence-electron chi connectivity index (χ0n) is 7.95. The summed E-state index contributed by atoms with van der Waals surface area (Å²) < 4.78 is 5.12. The lowest BCUT2D eigenvalue weighted by atomic mass is 9.99. The molecule has 1 aromatic carbocycles. The fraction of sp³-hybridized carbons (Fsp3) is 0.273. The molecule has 4 nitrogen and oxygen atoms in total. The van der Waals surface area contributed by atoms with E-state index in [-0.39, 0.29) is 17.9 Å². The van der Waals surface area contributed by atoms with Crippen molar-refractivity contribution in [2.45, 2.75) is 12.5 Å². The molecule has 0 aromatic heterocycles. The van der Waals surface area contributed by atoms with E-state index in [1.807, 2.05) is 6.07 Å². The van der Waals surface area contributed by atoms with Gasteiger partial charge in [-0.1, -0.05) is 12.1 Å². The van der Waals surface area contributed by atoms with Crippen LogP contribution in [-0.2, 0) is 11.2 Å².